The molecule has 0 spiro atoms. The van der Waals surface area contributed by atoms with Crippen LogP contribution in [0.4, 0.5) is 0 Å². The van der Waals surface area contributed by atoms with Gasteiger partial charge in [0.2, 0.25) is 0 Å². The summed E-state index contributed by atoms with van der Waals surface area (Å²) in [7, 11) is -3.57. The molecule has 3 aromatic rings. The molecular formula is C20H18BrNO4S. The lowest BCUT2D eigenvalue weighted by molar-refractivity contribution is 0.0911. The van der Waals surface area contributed by atoms with Gasteiger partial charge in [-0.15, -0.1) is 0 Å². The first-order valence-corrected chi connectivity index (χ1v) is 10.7. The molecule has 1 heterocycles. The number of carbonyl (C=O) groups excluding carboxylic acids is 1. The number of hydrogen-bond acceptors (Lipinski definition) is 4. The molecule has 1 aromatic heterocycles. The highest BCUT2D eigenvalue weighted by Gasteiger charge is 2.23. The maximum Gasteiger partial charge on any atom is 0.287 e. The van der Waals surface area contributed by atoms with Gasteiger partial charge in [0, 0.05) is 10.0 Å². The molecule has 2 aromatic carbocycles. The Morgan fingerprint density at radius 1 is 1.11 bits per heavy atom. The minimum absolute atomic E-state index is 0.0105. The first-order chi connectivity index (χ1) is 12.9. The van der Waals surface area contributed by atoms with Crippen LogP contribution in [0.2, 0.25) is 0 Å². The topological polar surface area (TPSA) is 76.4 Å². The standard InChI is InChI=1S/C20H18BrNO4S/c1-14(15-6-5-7-17(21)12-15)22-20(23)19-16(10-11-26-19)13-27(24,25)18-8-3-2-4-9-18/h2-12,14H,13H2,1H3,(H,22,23). The van der Waals surface area contributed by atoms with E-state index in [0.29, 0.717) is 5.56 Å². The summed E-state index contributed by atoms with van der Waals surface area (Å²) in [4.78, 5) is 12.8. The van der Waals surface area contributed by atoms with Gasteiger partial charge in [0.05, 0.1) is 23.0 Å². The molecule has 7 heteroatoms. The molecule has 0 fully saturated rings. The molecule has 3 rings (SSSR count). The number of furan rings is 1. The first kappa shape index (κ1) is 19.4. The van der Waals surface area contributed by atoms with E-state index in [4.69, 9.17) is 4.42 Å². The molecule has 0 aliphatic carbocycles. The van der Waals surface area contributed by atoms with E-state index in [9.17, 15) is 13.2 Å². The molecule has 0 aliphatic rings. The Bertz CT molecular complexity index is 1040. The van der Waals surface area contributed by atoms with E-state index in [-0.39, 0.29) is 22.5 Å². The van der Waals surface area contributed by atoms with Gasteiger partial charge in [-0.05, 0) is 42.8 Å². The fraction of sp³-hybridized carbons (Fsp3) is 0.150. The monoisotopic (exact) mass is 447 g/mol. The molecule has 1 N–H and O–H groups in total. The van der Waals surface area contributed by atoms with Crippen molar-refractivity contribution in [2.24, 2.45) is 0 Å². The van der Waals surface area contributed by atoms with Crippen molar-refractivity contribution in [2.45, 2.75) is 23.6 Å². The van der Waals surface area contributed by atoms with Gasteiger partial charge in [-0.25, -0.2) is 8.42 Å². The van der Waals surface area contributed by atoms with Gasteiger partial charge in [-0.2, -0.15) is 0 Å². The average molecular weight is 448 g/mol. The summed E-state index contributed by atoms with van der Waals surface area (Å²) in [5.74, 6) is -0.747. The van der Waals surface area contributed by atoms with Gasteiger partial charge >= 0.3 is 0 Å². The van der Waals surface area contributed by atoms with Gasteiger partial charge in [0.25, 0.3) is 5.91 Å². The second-order valence-corrected chi connectivity index (χ2v) is 9.00. The van der Waals surface area contributed by atoms with E-state index in [2.05, 4.69) is 21.2 Å². The molecular weight excluding hydrogens is 430 g/mol. The molecule has 1 amide bonds. The first-order valence-electron chi connectivity index (χ1n) is 8.27. The molecule has 5 nitrogen and oxygen atoms in total. The van der Waals surface area contributed by atoms with Gasteiger partial charge in [-0.3, -0.25) is 4.79 Å². The smallest absolute Gasteiger partial charge is 0.287 e. The fourth-order valence-corrected chi connectivity index (χ4v) is 4.48. The number of hydrogen-bond donors (Lipinski definition) is 1. The number of rotatable bonds is 6. The summed E-state index contributed by atoms with van der Waals surface area (Å²) in [5.41, 5.74) is 1.25. The largest absolute Gasteiger partial charge is 0.459 e. The summed E-state index contributed by atoms with van der Waals surface area (Å²) < 4.78 is 31.3. The average Bonchev–Trinajstić information content (AvgIpc) is 3.10. The highest BCUT2D eigenvalue weighted by molar-refractivity contribution is 9.10. The van der Waals surface area contributed by atoms with Crippen LogP contribution in [-0.2, 0) is 15.6 Å². The maximum atomic E-state index is 12.6. The van der Waals surface area contributed by atoms with Crippen molar-refractivity contribution in [3.63, 3.8) is 0 Å². The lowest BCUT2D eigenvalue weighted by Gasteiger charge is -2.14. The molecule has 0 aliphatic heterocycles. The van der Waals surface area contributed by atoms with Crippen LogP contribution in [0.5, 0.6) is 0 Å². The Labute approximate surface area is 166 Å². The number of halogens is 1. The third-order valence-electron chi connectivity index (χ3n) is 4.10. The van der Waals surface area contributed by atoms with Crippen molar-refractivity contribution >= 4 is 31.7 Å². The van der Waals surface area contributed by atoms with Crippen molar-refractivity contribution in [3.8, 4) is 0 Å². The third-order valence-corrected chi connectivity index (χ3v) is 6.27. The summed E-state index contributed by atoms with van der Waals surface area (Å²) in [6.45, 7) is 1.85. The molecule has 27 heavy (non-hydrogen) atoms. The minimum Gasteiger partial charge on any atom is -0.459 e. The Morgan fingerprint density at radius 2 is 1.85 bits per heavy atom. The molecule has 0 saturated heterocycles. The number of amides is 1. The van der Waals surface area contributed by atoms with E-state index in [1.807, 2.05) is 31.2 Å². The Kier molecular flexibility index (Phi) is 5.82. The van der Waals surface area contributed by atoms with E-state index < -0.39 is 15.7 Å². The van der Waals surface area contributed by atoms with E-state index >= 15 is 0 Å². The molecule has 140 valence electrons. The molecule has 0 saturated carbocycles. The minimum atomic E-state index is -3.57. The van der Waals surface area contributed by atoms with Crippen LogP contribution in [0.25, 0.3) is 0 Å². The predicted molar refractivity (Wildman–Crippen MR) is 106 cm³/mol. The van der Waals surface area contributed by atoms with Crippen molar-refractivity contribution in [1.29, 1.82) is 0 Å². The summed E-state index contributed by atoms with van der Waals surface area (Å²) in [6, 6.07) is 17.0. The van der Waals surface area contributed by atoms with Gasteiger partial charge in [-0.1, -0.05) is 46.3 Å². The van der Waals surface area contributed by atoms with Crippen LogP contribution in [0.15, 0.2) is 80.7 Å². The van der Waals surface area contributed by atoms with Gasteiger partial charge < -0.3 is 9.73 Å². The van der Waals surface area contributed by atoms with Gasteiger partial charge in [0.1, 0.15) is 0 Å². The lowest BCUT2D eigenvalue weighted by atomic mass is 10.1. The van der Waals surface area contributed by atoms with Crippen molar-refractivity contribution in [1.82, 2.24) is 5.32 Å². The second kappa shape index (κ2) is 8.10. The van der Waals surface area contributed by atoms with Crippen LogP contribution >= 0.6 is 15.9 Å². The summed E-state index contributed by atoms with van der Waals surface area (Å²) >= 11 is 3.40. The molecule has 0 bridgehead atoms. The highest BCUT2D eigenvalue weighted by Crippen LogP contribution is 2.22. The Morgan fingerprint density at radius 3 is 2.56 bits per heavy atom. The molecule has 0 radical (unpaired) electrons. The number of sulfone groups is 1. The van der Waals surface area contributed by atoms with Crippen LogP contribution in [0.1, 0.15) is 34.6 Å². The molecule has 1 unspecified atom stereocenters. The lowest BCUT2D eigenvalue weighted by Crippen LogP contribution is -2.27. The fourth-order valence-electron chi connectivity index (χ4n) is 2.69. The number of carbonyl (C=O) groups is 1. The zero-order valence-electron chi connectivity index (χ0n) is 14.6. The zero-order valence-corrected chi connectivity index (χ0v) is 17.0. The number of nitrogens with one attached hydrogen (secondary N) is 1. The summed E-state index contributed by atoms with van der Waals surface area (Å²) in [6.07, 6.45) is 1.33. The van der Waals surface area contributed by atoms with Crippen LogP contribution in [0, 0.1) is 0 Å². The second-order valence-electron chi connectivity index (χ2n) is 6.10. The highest BCUT2D eigenvalue weighted by atomic mass is 79.9. The van der Waals surface area contributed by atoms with Gasteiger partial charge in [0.15, 0.2) is 15.6 Å². The van der Waals surface area contributed by atoms with Crippen LogP contribution in [-0.4, -0.2) is 14.3 Å². The Hall–Kier alpha value is -2.38. The van der Waals surface area contributed by atoms with E-state index in [1.165, 1.54) is 24.5 Å². The van der Waals surface area contributed by atoms with Crippen molar-refractivity contribution in [3.05, 3.63) is 88.3 Å². The van der Waals surface area contributed by atoms with Crippen LogP contribution < -0.4 is 5.32 Å². The van der Waals surface area contributed by atoms with Crippen molar-refractivity contribution in [2.75, 3.05) is 0 Å². The molecule has 1 atom stereocenters. The normalized spacial score (nSPS) is 12.5. The summed E-state index contributed by atoms with van der Waals surface area (Å²) in [5, 5.41) is 2.84. The predicted octanol–water partition coefficient (Wildman–Crippen LogP) is 4.51. The van der Waals surface area contributed by atoms with Crippen LogP contribution in [0.3, 0.4) is 0 Å². The zero-order chi connectivity index (χ0) is 19.4. The van der Waals surface area contributed by atoms with E-state index in [1.54, 1.807) is 18.2 Å². The third kappa shape index (κ3) is 4.67. The van der Waals surface area contributed by atoms with E-state index in [0.717, 1.165) is 10.0 Å². The Balaban J connectivity index is 1.77. The van der Waals surface area contributed by atoms with Crippen molar-refractivity contribution < 1.29 is 17.6 Å². The SMILES string of the molecule is CC(NC(=O)c1occc1CS(=O)(=O)c1ccccc1)c1cccc(Br)c1. The number of benzene rings is 2. The maximum absolute atomic E-state index is 12.6. The quantitative estimate of drug-likeness (QED) is 0.602.